The molecule has 0 spiro atoms. The lowest BCUT2D eigenvalue weighted by molar-refractivity contribution is -0.144. The van der Waals surface area contributed by atoms with Crippen molar-refractivity contribution in [3.8, 4) is 0 Å². The van der Waals surface area contributed by atoms with Gasteiger partial charge in [-0.1, -0.05) is 12.8 Å². The maximum Gasteiger partial charge on any atom is 0.251 e. The zero-order valence-electron chi connectivity index (χ0n) is 12.1. The highest BCUT2D eigenvalue weighted by Gasteiger charge is 2.37. The van der Waals surface area contributed by atoms with E-state index in [9.17, 15) is 4.79 Å². The summed E-state index contributed by atoms with van der Waals surface area (Å²) >= 11 is 0. The molecular weight excluding hydrogens is 238 g/mol. The number of hydrogen-bond acceptors (Lipinski definition) is 2. The molecule has 0 aromatic rings. The standard InChI is InChI=1S/C16H27NO2/c1-12(19-11-13-8-9-13)16(18)17-10-4-7-15(17)14-5-2-3-6-14/h12-15H,2-11H2,1H3/t12-,15-/m0/s1. The number of likely N-dealkylation sites (tertiary alicyclic amines) is 1. The Balaban J connectivity index is 1.54. The Hall–Kier alpha value is -0.570. The van der Waals surface area contributed by atoms with Crippen LogP contribution in [0.3, 0.4) is 0 Å². The summed E-state index contributed by atoms with van der Waals surface area (Å²) in [6.45, 7) is 3.68. The summed E-state index contributed by atoms with van der Waals surface area (Å²) in [5.74, 6) is 1.75. The Labute approximate surface area is 116 Å². The summed E-state index contributed by atoms with van der Waals surface area (Å²) in [6.07, 6.45) is 10.1. The largest absolute Gasteiger partial charge is 0.368 e. The van der Waals surface area contributed by atoms with Crippen LogP contribution in [0.1, 0.15) is 58.3 Å². The van der Waals surface area contributed by atoms with E-state index in [2.05, 4.69) is 4.90 Å². The molecule has 2 aliphatic carbocycles. The number of ether oxygens (including phenoxy) is 1. The molecule has 1 heterocycles. The van der Waals surface area contributed by atoms with Gasteiger partial charge in [-0.05, 0) is 57.3 Å². The van der Waals surface area contributed by atoms with E-state index < -0.39 is 0 Å². The van der Waals surface area contributed by atoms with Crippen molar-refractivity contribution in [2.75, 3.05) is 13.2 Å². The van der Waals surface area contributed by atoms with Gasteiger partial charge in [-0.3, -0.25) is 4.79 Å². The minimum absolute atomic E-state index is 0.234. The van der Waals surface area contributed by atoms with Crippen LogP contribution in [0.15, 0.2) is 0 Å². The highest BCUT2D eigenvalue weighted by molar-refractivity contribution is 5.81. The fourth-order valence-corrected chi connectivity index (χ4v) is 3.77. The SMILES string of the molecule is C[C@H](OCC1CC1)C(=O)N1CCC[C@H]1C1CCCC1. The molecule has 0 radical (unpaired) electrons. The van der Waals surface area contributed by atoms with Crippen LogP contribution in [0, 0.1) is 11.8 Å². The molecular formula is C16H27NO2. The van der Waals surface area contributed by atoms with E-state index in [1.54, 1.807) is 0 Å². The average Bonchev–Trinajstić information content (AvgIpc) is 2.92. The van der Waals surface area contributed by atoms with E-state index in [0.29, 0.717) is 6.04 Å². The van der Waals surface area contributed by atoms with E-state index in [0.717, 1.165) is 25.0 Å². The second-order valence-corrected chi connectivity index (χ2v) is 6.70. The Bertz CT molecular complexity index is 321. The number of rotatable bonds is 5. The van der Waals surface area contributed by atoms with Gasteiger partial charge in [-0.2, -0.15) is 0 Å². The topological polar surface area (TPSA) is 29.5 Å². The van der Waals surface area contributed by atoms with Gasteiger partial charge >= 0.3 is 0 Å². The zero-order chi connectivity index (χ0) is 13.2. The Morgan fingerprint density at radius 3 is 2.58 bits per heavy atom. The molecule has 0 aromatic carbocycles. The van der Waals surface area contributed by atoms with Gasteiger partial charge in [0.1, 0.15) is 6.10 Å². The van der Waals surface area contributed by atoms with Gasteiger partial charge in [0.15, 0.2) is 0 Å². The van der Waals surface area contributed by atoms with Gasteiger partial charge < -0.3 is 9.64 Å². The minimum atomic E-state index is -0.234. The number of carbonyl (C=O) groups excluding carboxylic acids is 1. The fraction of sp³-hybridized carbons (Fsp3) is 0.938. The molecule has 2 saturated carbocycles. The van der Waals surface area contributed by atoms with Gasteiger partial charge in [-0.15, -0.1) is 0 Å². The normalized spacial score (nSPS) is 29.9. The third-order valence-electron chi connectivity index (χ3n) is 5.15. The second kappa shape index (κ2) is 5.82. The predicted molar refractivity (Wildman–Crippen MR) is 74.8 cm³/mol. The van der Waals surface area contributed by atoms with Gasteiger partial charge in [0.05, 0.1) is 6.61 Å². The lowest BCUT2D eigenvalue weighted by Crippen LogP contribution is -2.44. The zero-order valence-corrected chi connectivity index (χ0v) is 12.1. The van der Waals surface area contributed by atoms with Crippen molar-refractivity contribution in [1.82, 2.24) is 4.90 Å². The molecule has 3 rings (SSSR count). The molecule has 0 unspecified atom stereocenters. The van der Waals surface area contributed by atoms with Crippen molar-refractivity contribution < 1.29 is 9.53 Å². The van der Waals surface area contributed by atoms with Gasteiger partial charge in [-0.25, -0.2) is 0 Å². The van der Waals surface area contributed by atoms with Crippen LogP contribution in [0.4, 0.5) is 0 Å². The Morgan fingerprint density at radius 1 is 1.16 bits per heavy atom. The molecule has 3 nitrogen and oxygen atoms in total. The first-order valence-electron chi connectivity index (χ1n) is 8.18. The van der Waals surface area contributed by atoms with Crippen LogP contribution < -0.4 is 0 Å². The summed E-state index contributed by atoms with van der Waals surface area (Å²) < 4.78 is 5.76. The predicted octanol–water partition coefficient (Wildman–Crippen LogP) is 2.98. The highest BCUT2D eigenvalue weighted by Crippen LogP contribution is 2.36. The average molecular weight is 265 g/mol. The number of amides is 1. The Kier molecular flexibility index (Phi) is 4.11. The molecule has 1 saturated heterocycles. The first-order chi connectivity index (χ1) is 9.25. The van der Waals surface area contributed by atoms with Crippen LogP contribution in [0.5, 0.6) is 0 Å². The molecule has 3 fully saturated rings. The monoisotopic (exact) mass is 265 g/mol. The van der Waals surface area contributed by atoms with E-state index >= 15 is 0 Å². The molecule has 0 N–H and O–H groups in total. The Morgan fingerprint density at radius 2 is 1.89 bits per heavy atom. The van der Waals surface area contributed by atoms with Crippen molar-refractivity contribution in [2.24, 2.45) is 11.8 Å². The summed E-state index contributed by atoms with van der Waals surface area (Å²) in [5.41, 5.74) is 0. The minimum Gasteiger partial charge on any atom is -0.368 e. The van der Waals surface area contributed by atoms with Gasteiger partial charge in [0.25, 0.3) is 5.91 Å². The molecule has 108 valence electrons. The first-order valence-corrected chi connectivity index (χ1v) is 8.18. The lowest BCUT2D eigenvalue weighted by atomic mass is 9.96. The van der Waals surface area contributed by atoms with E-state index in [4.69, 9.17) is 4.74 Å². The van der Waals surface area contributed by atoms with Crippen LogP contribution in [0.25, 0.3) is 0 Å². The summed E-state index contributed by atoms with van der Waals surface area (Å²) in [7, 11) is 0. The summed E-state index contributed by atoms with van der Waals surface area (Å²) in [6, 6.07) is 0.516. The van der Waals surface area contributed by atoms with Crippen molar-refractivity contribution in [3.05, 3.63) is 0 Å². The molecule has 1 amide bonds. The molecule has 2 atom stereocenters. The maximum absolute atomic E-state index is 12.5. The smallest absolute Gasteiger partial charge is 0.251 e. The first kappa shape index (κ1) is 13.4. The van der Waals surface area contributed by atoms with Crippen molar-refractivity contribution in [1.29, 1.82) is 0 Å². The van der Waals surface area contributed by atoms with Crippen LogP contribution in [-0.2, 0) is 9.53 Å². The molecule has 19 heavy (non-hydrogen) atoms. The summed E-state index contributed by atoms with van der Waals surface area (Å²) in [5, 5.41) is 0. The fourth-order valence-electron chi connectivity index (χ4n) is 3.77. The molecule has 3 aliphatic rings. The van der Waals surface area contributed by atoms with Crippen LogP contribution in [0.2, 0.25) is 0 Å². The van der Waals surface area contributed by atoms with E-state index in [-0.39, 0.29) is 12.0 Å². The molecule has 3 heteroatoms. The number of hydrogen-bond donors (Lipinski definition) is 0. The lowest BCUT2D eigenvalue weighted by Gasteiger charge is -2.31. The second-order valence-electron chi connectivity index (χ2n) is 6.70. The highest BCUT2D eigenvalue weighted by atomic mass is 16.5. The van der Waals surface area contributed by atoms with E-state index in [1.807, 2.05) is 6.92 Å². The van der Waals surface area contributed by atoms with Crippen LogP contribution >= 0.6 is 0 Å². The van der Waals surface area contributed by atoms with Crippen molar-refractivity contribution in [3.63, 3.8) is 0 Å². The van der Waals surface area contributed by atoms with Crippen molar-refractivity contribution >= 4 is 5.91 Å². The molecule has 1 aliphatic heterocycles. The summed E-state index contributed by atoms with van der Waals surface area (Å²) in [4.78, 5) is 14.7. The van der Waals surface area contributed by atoms with Gasteiger partial charge in [0, 0.05) is 12.6 Å². The number of nitrogens with zero attached hydrogens (tertiary/aromatic N) is 1. The van der Waals surface area contributed by atoms with Gasteiger partial charge in [0.2, 0.25) is 0 Å². The third kappa shape index (κ3) is 3.13. The van der Waals surface area contributed by atoms with E-state index in [1.165, 1.54) is 51.4 Å². The van der Waals surface area contributed by atoms with Crippen molar-refractivity contribution in [2.45, 2.75) is 70.4 Å². The number of carbonyl (C=O) groups is 1. The van der Waals surface area contributed by atoms with Crippen LogP contribution in [-0.4, -0.2) is 36.1 Å². The molecule has 0 aromatic heterocycles. The maximum atomic E-state index is 12.5. The third-order valence-corrected chi connectivity index (χ3v) is 5.15. The quantitative estimate of drug-likeness (QED) is 0.765. The molecule has 0 bridgehead atoms.